The van der Waals surface area contributed by atoms with E-state index in [2.05, 4.69) is 12.2 Å². The molecule has 3 aromatic rings. The molecule has 168 valence electrons. The van der Waals surface area contributed by atoms with Gasteiger partial charge in [0.05, 0.1) is 24.9 Å². The predicted octanol–water partition coefficient (Wildman–Crippen LogP) is 4.48. The van der Waals surface area contributed by atoms with Crippen LogP contribution in [0.15, 0.2) is 47.1 Å². The lowest BCUT2D eigenvalue weighted by Crippen LogP contribution is -2.65. The van der Waals surface area contributed by atoms with Gasteiger partial charge in [0.25, 0.3) is 5.91 Å². The number of benzene rings is 1. The van der Waals surface area contributed by atoms with Crippen molar-refractivity contribution in [3.63, 3.8) is 0 Å². The van der Waals surface area contributed by atoms with Crippen molar-refractivity contribution in [1.82, 2.24) is 14.8 Å². The zero-order valence-electron chi connectivity index (χ0n) is 18.4. The van der Waals surface area contributed by atoms with E-state index in [1.807, 2.05) is 4.57 Å². The fraction of sp³-hybridized carbons (Fsp3) is 0.440. The highest BCUT2D eigenvalue weighted by atomic mass is 19.1. The van der Waals surface area contributed by atoms with Crippen molar-refractivity contribution in [3.8, 4) is 0 Å². The van der Waals surface area contributed by atoms with Crippen molar-refractivity contribution in [2.45, 2.75) is 64.2 Å². The summed E-state index contributed by atoms with van der Waals surface area (Å²) in [5.41, 5.74) is 1.04. The number of fused-ring (bicyclic) bond motifs is 3. The molecule has 0 radical (unpaired) electrons. The van der Waals surface area contributed by atoms with E-state index in [4.69, 9.17) is 4.42 Å². The Labute approximate surface area is 186 Å². The van der Waals surface area contributed by atoms with E-state index in [1.165, 1.54) is 17.4 Å². The molecule has 32 heavy (non-hydrogen) atoms. The molecule has 1 N–H and O–H groups in total. The number of rotatable bonds is 4. The highest BCUT2D eigenvalue weighted by Crippen LogP contribution is 2.35. The van der Waals surface area contributed by atoms with Crippen molar-refractivity contribution in [2.75, 3.05) is 0 Å². The van der Waals surface area contributed by atoms with Gasteiger partial charge in [0, 0.05) is 23.7 Å². The van der Waals surface area contributed by atoms with E-state index in [9.17, 15) is 14.0 Å². The maximum absolute atomic E-state index is 14.5. The standard InChI is InChI=1S/C25H28FN3O3/c1-16-7-3-6-10-19(16)27-24(31)25(2)15-28-20-11-12-32-22(20)13-21(28)23(30)29(25)14-17-8-4-5-9-18(17)26/h4-5,8-9,11-13,16,19H,3,6-7,10,14-15H2,1-2H3,(H,27,31)/t16-,19-,25-/m1/s1. The van der Waals surface area contributed by atoms with E-state index in [1.54, 1.807) is 43.5 Å². The van der Waals surface area contributed by atoms with E-state index >= 15 is 0 Å². The maximum atomic E-state index is 14.5. The average Bonchev–Trinajstić information content (AvgIpc) is 3.36. The lowest BCUT2D eigenvalue weighted by molar-refractivity contribution is -0.134. The fourth-order valence-corrected chi connectivity index (χ4v) is 5.17. The van der Waals surface area contributed by atoms with Crippen LogP contribution >= 0.6 is 0 Å². The number of furan rings is 1. The molecule has 0 unspecified atom stereocenters. The highest BCUT2D eigenvalue weighted by Gasteiger charge is 2.48. The Morgan fingerprint density at radius 2 is 2.03 bits per heavy atom. The summed E-state index contributed by atoms with van der Waals surface area (Å²) in [5.74, 6) is -0.505. The van der Waals surface area contributed by atoms with Gasteiger partial charge < -0.3 is 19.2 Å². The van der Waals surface area contributed by atoms with Crippen molar-refractivity contribution in [3.05, 3.63) is 59.7 Å². The molecule has 2 aliphatic rings. The Morgan fingerprint density at radius 1 is 1.25 bits per heavy atom. The third kappa shape index (κ3) is 3.31. The molecule has 0 saturated heterocycles. The number of carbonyl (C=O) groups excluding carboxylic acids is 2. The van der Waals surface area contributed by atoms with Gasteiger partial charge in [-0.05, 0) is 31.7 Å². The molecule has 7 heteroatoms. The minimum atomic E-state index is -1.17. The minimum Gasteiger partial charge on any atom is -0.463 e. The molecule has 5 rings (SSSR count). The number of hydrogen-bond acceptors (Lipinski definition) is 3. The molecule has 1 aromatic carbocycles. The van der Waals surface area contributed by atoms with E-state index in [0.29, 0.717) is 22.8 Å². The van der Waals surface area contributed by atoms with Gasteiger partial charge in [0.15, 0.2) is 5.58 Å². The zero-order valence-corrected chi connectivity index (χ0v) is 18.4. The Morgan fingerprint density at radius 3 is 2.81 bits per heavy atom. The fourth-order valence-electron chi connectivity index (χ4n) is 5.17. The second kappa shape index (κ2) is 7.80. The van der Waals surface area contributed by atoms with Gasteiger partial charge in [-0.2, -0.15) is 0 Å². The van der Waals surface area contributed by atoms with Crippen LogP contribution in [-0.4, -0.2) is 32.9 Å². The molecule has 2 amide bonds. The summed E-state index contributed by atoms with van der Waals surface area (Å²) in [4.78, 5) is 28.9. The minimum absolute atomic E-state index is 0.0161. The zero-order chi connectivity index (χ0) is 22.5. The van der Waals surface area contributed by atoms with E-state index in [0.717, 1.165) is 24.8 Å². The first-order chi connectivity index (χ1) is 15.4. The smallest absolute Gasteiger partial charge is 0.271 e. The van der Waals surface area contributed by atoms with Crippen LogP contribution in [0, 0.1) is 11.7 Å². The Bertz CT molecular complexity index is 1180. The van der Waals surface area contributed by atoms with Crippen molar-refractivity contribution in [1.29, 1.82) is 0 Å². The van der Waals surface area contributed by atoms with Gasteiger partial charge in [0.1, 0.15) is 17.1 Å². The molecule has 1 aliphatic heterocycles. The first-order valence-electron chi connectivity index (χ1n) is 11.3. The van der Waals surface area contributed by atoms with Crippen molar-refractivity contribution < 1.29 is 18.4 Å². The summed E-state index contributed by atoms with van der Waals surface area (Å²) < 4.78 is 21.9. The quantitative estimate of drug-likeness (QED) is 0.654. The number of amides is 2. The molecule has 1 fully saturated rings. The van der Waals surface area contributed by atoms with Gasteiger partial charge >= 0.3 is 0 Å². The number of nitrogens with one attached hydrogen (secondary N) is 1. The third-order valence-corrected chi connectivity index (χ3v) is 7.25. The molecular weight excluding hydrogens is 409 g/mol. The van der Waals surface area contributed by atoms with Crippen LogP contribution in [0.5, 0.6) is 0 Å². The topological polar surface area (TPSA) is 67.5 Å². The molecule has 6 nitrogen and oxygen atoms in total. The number of nitrogens with zero attached hydrogens (tertiary/aromatic N) is 2. The second-order valence-corrected chi connectivity index (χ2v) is 9.38. The van der Waals surface area contributed by atoms with Crippen LogP contribution in [0.3, 0.4) is 0 Å². The van der Waals surface area contributed by atoms with E-state index in [-0.39, 0.29) is 30.9 Å². The van der Waals surface area contributed by atoms with Gasteiger partial charge in [-0.15, -0.1) is 0 Å². The lowest BCUT2D eigenvalue weighted by Gasteiger charge is -2.45. The van der Waals surface area contributed by atoms with Crippen LogP contribution in [0.1, 0.15) is 55.6 Å². The number of carbonyl (C=O) groups is 2. The SMILES string of the molecule is C[C@@H]1CCCC[C@H]1NC(=O)[C@@]1(C)Cn2c(cc3occc32)C(=O)N1Cc1ccccc1F. The first kappa shape index (κ1) is 20.8. The number of halogens is 1. The van der Waals surface area contributed by atoms with E-state index < -0.39 is 11.4 Å². The van der Waals surface area contributed by atoms with Crippen LogP contribution in [0.2, 0.25) is 0 Å². The van der Waals surface area contributed by atoms with Crippen LogP contribution in [0.4, 0.5) is 4.39 Å². The molecule has 3 heterocycles. The summed E-state index contributed by atoms with van der Waals surface area (Å²) in [6, 6.07) is 9.98. The highest BCUT2D eigenvalue weighted by molar-refractivity contribution is 6.02. The van der Waals surface area contributed by atoms with Gasteiger partial charge in [-0.25, -0.2) is 4.39 Å². The van der Waals surface area contributed by atoms with Crippen LogP contribution < -0.4 is 5.32 Å². The maximum Gasteiger partial charge on any atom is 0.271 e. The first-order valence-corrected chi connectivity index (χ1v) is 11.3. The average molecular weight is 438 g/mol. The van der Waals surface area contributed by atoms with Gasteiger partial charge in [0.2, 0.25) is 5.91 Å². The summed E-state index contributed by atoms with van der Waals surface area (Å²) in [6.07, 6.45) is 5.85. The van der Waals surface area contributed by atoms with Crippen molar-refractivity contribution >= 4 is 22.9 Å². The normalized spacial score (nSPS) is 25.7. The third-order valence-electron chi connectivity index (χ3n) is 7.25. The summed E-state index contributed by atoms with van der Waals surface area (Å²) in [5, 5.41) is 3.23. The monoisotopic (exact) mass is 437 g/mol. The molecule has 0 spiro atoms. The van der Waals surface area contributed by atoms with Crippen molar-refractivity contribution in [2.24, 2.45) is 5.92 Å². The molecular formula is C25H28FN3O3. The number of aromatic nitrogens is 1. The lowest BCUT2D eigenvalue weighted by atomic mass is 9.85. The Kier molecular flexibility index (Phi) is 5.07. The van der Waals surface area contributed by atoms with Crippen LogP contribution in [-0.2, 0) is 17.9 Å². The molecule has 0 bridgehead atoms. The second-order valence-electron chi connectivity index (χ2n) is 9.38. The van der Waals surface area contributed by atoms with Gasteiger partial charge in [-0.3, -0.25) is 9.59 Å². The summed E-state index contributed by atoms with van der Waals surface area (Å²) in [7, 11) is 0. The van der Waals surface area contributed by atoms with Gasteiger partial charge in [-0.1, -0.05) is 38.0 Å². The summed E-state index contributed by atoms with van der Waals surface area (Å²) >= 11 is 0. The molecule has 1 saturated carbocycles. The summed E-state index contributed by atoms with van der Waals surface area (Å²) in [6.45, 7) is 4.23. The molecule has 2 aromatic heterocycles. The number of hydrogen-bond donors (Lipinski definition) is 1. The Hall–Kier alpha value is -3.09. The Balaban J connectivity index is 1.54. The largest absolute Gasteiger partial charge is 0.463 e. The van der Waals surface area contributed by atoms with Crippen LogP contribution in [0.25, 0.3) is 11.1 Å². The predicted molar refractivity (Wildman–Crippen MR) is 118 cm³/mol. The molecule has 1 aliphatic carbocycles. The molecule has 3 atom stereocenters.